The summed E-state index contributed by atoms with van der Waals surface area (Å²) >= 11 is 6.01. The van der Waals surface area contributed by atoms with E-state index in [1.165, 1.54) is 0 Å². The van der Waals surface area contributed by atoms with Crippen LogP contribution in [0.15, 0.2) is 48.8 Å². The molecule has 4 rings (SSSR count). The second-order valence-electron chi connectivity index (χ2n) is 6.69. The molecule has 0 aliphatic carbocycles. The summed E-state index contributed by atoms with van der Waals surface area (Å²) < 4.78 is 7.18. The van der Waals surface area contributed by atoms with Crippen LogP contribution in [-0.4, -0.2) is 47.1 Å². The number of halogens is 1. The molecule has 1 aliphatic rings. The quantitative estimate of drug-likeness (QED) is 0.707. The Labute approximate surface area is 168 Å². The molecule has 1 aliphatic heterocycles. The molecule has 0 bridgehead atoms. The highest BCUT2D eigenvalue weighted by Crippen LogP contribution is 2.25. The fourth-order valence-electron chi connectivity index (χ4n) is 3.46. The lowest BCUT2D eigenvalue weighted by Crippen LogP contribution is -2.51. The van der Waals surface area contributed by atoms with Crippen LogP contribution >= 0.6 is 11.6 Å². The first-order chi connectivity index (χ1) is 13.6. The van der Waals surface area contributed by atoms with E-state index in [2.05, 4.69) is 15.6 Å². The van der Waals surface area contributed by atoms with Crippen LogP contribution in [-0.2, 0) is 6.54 Å². The lowest BCUT2D eigenvalue weighted by molar-refractivity contribution is 0.158. The topological polar surface area (TPSA) is 70.9 Å². The first-order valence-electron chi connectivity index (χ1n) is 9.16. The molecule has 8 heteroatoms. The number of carbonyl (C=O) groups is 1. The predicted octanol–water partition coefficient (Wildman–Crippen LogP) is 2.85. The van der Waals surface area contributed by atoms with Crippen LogP contribution in [0, 0.1) is 0 Å². The summed E-state index contributed by atoms with van der Waals surface area (Å²) in [4.78, 5) is 19.3. The molecular formula is C20H22ClN5O2. The van der Waals surface area contributed by atoms with Gasteiger partial charge in [-0.05, 0) is 29.8 Å². The molecule has 1 saturated heterocycles. The number of benzene rings is 1. The molecule has 146 valence electrons. The average Bonchev–Trinajstić information content (AvgIpc) is 3.14. The first-order valence-corrected chi connectivity index (χ1v) is 9.54. The fourth-order valence-corrected chi connectivity index (χ4v) is 3.63. The molecule has 0 saturated carbocycles. The van der Waals surface area contributed by atoms with Gasteiger partial charge >= 0.3 is 6.03 Å². The third-order valence-electron chi connectivity index (χ3n) is 4.87. The van der Waals surface area contributed by atoms with E-state index in [0.717, 1.165) is 29.2 Å². The van der Waals surface area contributed by atoms with Gasteiger partial charge in [0.25, 0.3) is 0 Å². The van der Waals surface area contributed by atoms with Gasteiger partial charge < -0.3 is 24.7 Å². The Hall–Kier alpha value is -2.77. The third-order valence-corrected chi connectivity index (χ3v) is 5.09. The Morgan fingerprint density at radius 1 is 1.36 bits per heavy atom. The summed E-state index contributed by atoms with van der Waals surface area (Å²) in [6.45, 7) is 2.45. The SMILES string of the molecule is COc1cccc(C2CNCCN2C(=O)NCc2cn3cc(Cl)ccc3n2)c1. The van der Waals surface area contributed by atoms with Crippen LogP contribution in [0.4, 0.5) is 4.79 Å². The van der Waals surface area contributed by atoms with E-state index in [1.807, 2.05) is 45.8 Å². The number of nitrogens with one attached hydrogen (secondary N) is 2. The van der Waals surface area contributed by atoms with Gasteiger partial charge in [-0.1, -0.05) is 23.7 Å². The Bertz CT molecular complexity index is 990. The van der Waals surface area contributed by atoms with E-state index >= 15 is 0 Å². The fraction of sp³-hybridized carbons (Fsp3) is 0.300. The van der Waals surface area contributed by atoms with Gasteiger partial charge in [0.15, 0.2) is 0 Å². The largest absolute Gasteiger partial charge is 0.497 e. The van der Waals surface area contributed by atoms with Crippen molar-refractivity contribution in [3.63, 3.8) is 0 Å². The smallest absolute Gasteiger partial charge is 0.318 e. The van der Waals surface area contributed by atoms with Crippen molar-refractivity contribution in [3.05, 3.63) is 65.1 Å². The maximum atomic E-state index is 12.9. The lowest BCUT2D eigenvalue weighted by Gasteiger charge is -2.36. The van der Waals surface area contributed by atoms with Crippen molar-refractivity contribution in [2.75, 3.05) is 26.7 Å². The molecule has 1 atom stereocenters. The summed E-state index contributed by atoms with van der Waals surface area (Å²) in [5.74, 6) is 0.784. The van der Waals surface area contributed by atoms with Crippen LogP contribution < -0.4 is 15.4 Å². The summed E-state index contributed by atoms with van der Waals surface area (Å²) in [7, 11) is 1.64. The van der Waals surface area contributed by atoms with Crippen molar-refractivity contribution < 1.29 is 9.53 Å². The number of ether oxygens (including phenoxy) is 1. The van der Waals surface area contributed by atoms with Gasteiger partial charge in [-0.3, -0.25) is 0 Å². The zero-order valence-corrected chi connectivity index (χ0v) is 16.3. The monoisotopic (exact) mass is 399 g/mol. The highest BCUT2D eigenvalue weighted by Gasteiger charge is 2.28. The predicted molar refractivity (Wildman–Crippen MR) is 108 cm³/mol. The molecule has 3 aromatic rings. The highest BCUT2D eigenvalue weighted by molar-refractivity contribution is 6.30. The number of urea groups is 1. The minimum atomic E-state index is -0.107. The molecule has 1 aromatic carbocycles. The Balaban J connectivity index is 1.46. The summed E-state index contributed by atoms with van der Waals surface area (Å²) in [5, 5.41) is 6.99. The Kier molecular flexibility index (Phi) is 5.36. The number of hydrogen-bond donors (Lipinski definition) is 2. The van der Waals surface area contributed by atoms with Crippen LogP contribution in [0.1, 0.15) is 17.3 Å². The number of carbonyl (C=O) groups excluding carboxylic acids is 1. The average molecular weight is 400 g/mol. The van der Waals surface area contributed by atoms with E-state index < -0.39 is 0 Å². The molecule has 1 fully saturated rings. The second-order valence-corrected chi connectivity index (χ2v) is 7.13. The number of aromatic nitrogens is 2. The van der Waals surface area contributed by atoms with Crippen molar-refractivity contribution in [1.29, 1.82) is 0 Å². The number of pyridine rings is 1. The van der Waals surface area contributed by atoms with Crippen LogP contribution in [0.2, 0.25) is 5.02 Å². The molecule has 3 heterocycles. The van der Waals surface area contributed by atoms with Crippen molar-refractivity contribution >= 4 is 23.3 Å². The number of rotatable bonds is 4. The van der Waals surface area contributed by atoms with Crippen LogP contribution in [0.25, 0.3) is 5.65 Å². The van der Waals surface area contributed by atoms with Gasteiger partial charge in [0, 0.05) is 32.0 Å². The maximum Gasteiger partial charge on any atom is 0.318 e. The van der Waals surface area contributed by atoms with Crippen molar-refractivity contribution in [1.82, 2.24) is 24.9 Å². The number of hydrogen-bond acceptors (Lipinski definition) is 4. The second kappa shape index (κ2) is 8.08. The summed E-state index contributed by atoms with van der Waals surface area (Å²) in [6.07, 6.45) is 3.67. The molecule has 28 heavy (non-hydrogen) atoms. The molecule has 1 unspecified atom stereocenters. The maximum absolute atomic E-state index is 12.9. The Morgan fingerprint density at radius 3 is 3.11 bits per heavy atom. The van der Waals surface area contributed by atoms with Gasteiger partial charge in [0.1, 0.15) is 11.4 Å². The van der Waals surface area contributed by atoms with Gasteiger partial charge in [0.05, 0.1) is 30.4 Å². The van der Waals surface area contributed by atoms with Gasteiger partial charge in [-0.2, -0.15) is 0 Å². The number of fused-ring (bicyclic) bond motifs is 1. The highest BCUT2D eigenvalue weighted by atomic mass is 35.5. The van der Waals surface area contributed by atoms with Gasteiger partial charge in [-0.25, -0.2) is 9.78 Å². The van der Waals surface area contributed by atoms with E-state index in [1.54, 1.807) is 19.4 Å². The zero-order chi connectivity index (χ0) is 19.5. The first kappa shape index (κ1) is 18.6. The minimum absolute atomic E-state index is 0.0521. The zero-order valence-electron chi connectivity index (χ0n) is 15.6. The molecule has 0 spiro atoms. The normalized spacial score (nSPS) is 16.9. The molecule has 2 amide bonds. The van der Waals surface area contributed by atoms with E-state index in [-0.39, 0.29) is 12.1 Å². The van der Waals surface area contributed by atoms with E-state index in [9.17, 15) is 4.79 Å². The number of methoxy groups -OCH3 is 1. The van der Waals surface area contributed by atoms with Crippen molar-refractivity contribution in [2.24, 2.45) is 0 Å². The molecule has 2 aromatic heterocycles. The summed E-state index contributed by atoms with van der Waals surface area (Å²) in [6, 6.07) is 11.3. The molecule has 2 N–H and O–H groups in total. The molecule has 7 nitrogen and oxygen atoms in total. The summed E-state index contributed by atoms with van der Waals surface area (Å²) in [5.41, 5.74) is 2.62. The minimum Gasteiger partial charge on any atom is -0.497 e. The van der Waals surface area contributed by atoms with Crippen molar-refractivity contribution in [3.8, 4) is 5.75 Å². The van der Waals surface area contributed by atoms with Gasteiger partial charge in [0.2, 0.25) is 0 Å². The molecule has 0 radical (unpaired) electrons. The van der Waals surface area contributed by atoms with E-state index in [0.29, 0.717) is 24.7 Å². The number of nitrogens with zero attached hydrogens (tertiary/aromatic N) is 3. The Morgan fingerprint density at radius 2 is 2.25 bits per heavy atom. The van der Waals surface area contributed by atoms with E-state index in [4.69, 9.17) is 16.3 Å². The standard InChI is InChI=1S/C20H22ClN5O2/c1-28-17-4-2-3-14(9-17)18-11-22-7-8-26(18)20(27)23-10-16-13-25-12-15(21)5-6-19(25)24-16/h2-6,9,12-13,18,22H,7-8,10-11H2,1H3,(H,23,27). The third kappa shape index (κ3) is 3.90. The lowest BCUT2D eigenvalue weighted by atomic mass is 10.0. The molecular weight excluding hydrogens is 378 g/mol. The number of piperazine rings is 1. The van der Waals surface area contributed by atoms with Crippen LogP contribution in [0.5, 0.6) is 5.75 Å². The number of imidazole rings is 1. The van der Waals surface area contributed by atoms with Gasteiger partial charge in [-0.15, -0.1) is 0 Å². The number of amides is 2. The van der Waals surface area contributed by atoms with Crippen molar-refractivity contribution in [2.45, 2.75) is 12.6 Å². The van der Waals surface area contributed by atoms with Crippen LogP contribution in [0.3, 0.4) is 0 Å².